The Morgan fingerprint density at radius 1 is 1.80 bits per heavy atom. The largest absolute Gasteiger partial charge is 0.307 e. The molecule has 0 aliphatic carbocycles. The lowest BCUT2D eigenvalue weighted by Gasteiger charge is -2.21. The Morgan fingerprint density at radius 2 is 2.60 bits per heavy atom. The van der Waals surface area contributed by atoms with Gasteiger partial charge in [-0.2, -0.15) is 0 Å². The molecule has 1 aliphatic heterocycles. The van der Waals surface area contributed by atoms with E-state index in [0.29, 0.717) is 12.2 Å². The molecule has 2 nitrogen and oxygen atoms in total. The highest BCUT2D eigenvalue weighted by molar-refractivity contribution is 5.83. The highest BCUT2D eigenvalue weighted by Crippen LogP contribution is 2.07. The highest BCUT2D eigenvalue weighted by Gasteiger charge is 2.17. The number of ketones is 1. The number of carbonyl (C=O) groups excluding carboxylic acids is 1. The van der Waals surface area contributed by atoms with Crippen LogP contribution in [0.1, 0.15) is 26.2 Å². The van der Waals surface area contributed by atoms with Crippen molar-refractivity contribution in [3.05, 3.63) is 6.42 Å². The molecule has 0 amide bonds. The Morgan fingerprint density at radius 3 is 3.10 bits per heavy atom. The van der Waals surface area contributed by atoms with Crippen molar-refractivity contribution in [2.75, 3.05) is 6.54 Å². The molecule has 1 fully saturated rings. The minimum atomic E-state index is 0.124. The van der Waals surface area contributed by atoms with Gasteiger partial charge in [0, 0.05) is 6.42 Å². The molecule has 1 rings (SSSR count). The zero-order valence-electron chi connectivity index (χ0n) is 6.39. The van der Waals surface area contributed by atoms with Crippen LogP contribution in [-0.4, -0.2) is 18.4 Å². The Hall–Kier alpha value is -0.370. The van der Waals surface area contributed by atoms with Gasteiger partial charge in [-0.05, 0) is 25.8 Å². The summed E-state index contributed by atoms with van der Waals surface area (Å²) in [6.07, 6.45) is 4.88. The number of piperidine rings is 1. The van der Waals surface area contributed by atoms with Crippen molar-refractivity contribution in [3.8, 4) is 0 Å². The van der Waals surface area contributed by atoms with Gasteiger partial charge in [-0.25, -0.2) is 0 Å². The molecule has 0 aromatic carbocycles. The van der Waals surface area contributed by atoms with Crippen molar-refractivity contribution in [3.63, 3.8) is 0 Å². The standard InChI is InChI=1S/C8H14NO/c1-2-8(10)7-5-3-4-6-9-7/h3,7,9H,2,4-6H2,1H3. The molecule has 0 aromatic heterocycles. The third-order valence-corrected chi connectivity index (χ3v) is 1.88. The van der Waals surface area contributed by atoms with Crippen LogP contribution in [0.25, 0.3) is 0 Å². The molecule has 0 bridgehead atoms. The number of hydrogen-bond donors (Lipinski definition) is 1. The maximum atomic E-state index is 11.1. The van der Waals surface area contributed by atoms with E-state index in [4.69, 9.17) is 0 Å². The average molecular weight is 140 g/mol. The van der Waals surface area contributed by atoms with Gasteiger partial charge in [-0.3, -0.25) is 4.79 Å². The van der Waals surface area contributed by atoms with Crippen LogP contribution >= 0.6 is 0 Å². The molecule has 1 N–H and O–H groups in total. The Bertz CT molecular complexity index is 116. The van der Waals surface area contributed by atoms with E-state index in [-0.39, 0.29) is 6.04 Å². The molecule has 1 heterocycles. The van der Waals surface area contributed by atoms with Gasteiger partial charge in [-0.1, -0.05) is 6.92 Å². The number of carbonyl (C=O) groups is 1. The van der Waals surface area contributed by atoms with Gasteiger partial charge in [0.2, 0.25) is 0 Å². The van der Waals surface area contributed by atoms with Crippen LogP contribution in [0.3, 0.4) is 0 Å². The van der Waals surface area contributed by atoms with Gasteiger partial charge in [0.1, 0.15) is 5.78 Å². The first-order chi connectivity index (χ1) is 4.84. The zero-order valence-corrected chi connectivity index (χ0v) is 6.39. The van der Waals surface area contributed by atoms with E-state index in [1.54, 1.807) is 0 Å². The van der Waals surface area contributed by atoms with Gasteiger partial charge in [0.05, 0.1) is 6.04 Å². The molecule has 0 spiro atoms. The van der Waals surface area contributed by atoms with E-state index < -0.39 is 0 Å². The fraction of sp³-hybridized carbons (Fsp3) is 0.750. The van der Waals surface area contributed by atoms with Crippen LogP contribution in [-0.2, 0) is 4.79 Å². The zero-order chi connectivity index (χ0) is 7.40. The molecule has 1 radical (unpaired) electrons. The third-order valence-electron chi connectivity index (χ3n) is 1.88. The number of Topliss-reactive ketones (excluding diaryl/α,β-unsaturated/α-hetero) is 1. The highest BCUT2D eigenvalue weighted by atomic mass is 16.1. The van der Waals surface area contributed by atoms with Crippen molar-refractivity contribution >= 4 is 5.78 Å². The van der Waals surface area contributed by atoms with E-state index >= 15 is 0 Å². The predicted molar refractivity (Wildman–Crippen MR) is 40.6 cm³/mol. The lowest BCUT2D eigenvalue weighted by Crippen LogP contribution is -2.40. The van der Waals surface area contributed by atoms with Gasteiger partial charge in [-0.15, -0.1) is 0 Å². The fourth-order valence-corrected chi connectivity index (χ4v) is 1.22. The summed E-state index contributed by atoms with van der Waals surface area (Å²) >= 11 is 0. The first-order valence-corrected chi connectivity index (χ1v) is 3.92. The first kappa shape index (κ1) is 7.73. The molecular weight excluding hydrogens is 126 g/mol. The average Bonchev–Trinajstić information content (AvgIpc) is 2.05. The fourth-order valence-electron chi connectivity index (χ4n) is 1.22. The second kappa shape index (κ2) is 3.71. The summed E-state index contributed by atoms with van der Waals surface area (Å²) < 4.78 is 0. The van der Waals surface area contributed by atoms with Crippen LogP contribution in [0.15, 0.2) is 0 Å². The second-order valence-electron chi connectivity index (χ2n) is 2.64. The van der Waals surface area contributed by atoms with Crippen molar-refractivity contribution < 1.29 is 4.79 Å². The van der Waals surface area contributed by atoms with Gasteiger partial charge >= 0.3 is 0 Å². The summed E-state index contributed by atoms with van der Waals surface area (Å²) in [7, 11) is 0. The second-order valence-corrected chi connectivity index (χ2v) is 2.64. The summed E-state index contributed by atoms with van der Waals surface area (Å²) in [5, 5.41) is 3.19. The predicted octanol–water partition coefficient (Wildman–Crippen LogP) is 0.922. The SMILES string of the molecule is CCC(=O)C1C[CH]CCN1. The van der Waals surface area contributed by atoms with Crippen LogP contribution in [0, 0.1) is 6.42 Å². The van der Waals surface area contributed by atoms with Crippen LogP contribution in [0.5, 0.6) is 0 Å². The summed E-state index contributed by atoms with van der Waals surface area (Å²) in [5.41, 5.74) is 0. The Balaban J connectivity index is 2.31. The molecule has 1 aliphatic rings. The molecule has 57 valence electrons. The molecule has 1 unspecified atom stereocenters. The van der Waals surface area contributed by atoms with Crippen LogP contribution in [0.4, 0.5) is 0 Å². The van der Waals surface area contributed by atoms with Crippen molar-refractivity contribution in [1.82, 2.24) is 5.32 Å². The van der Waals surface area contributed by atoms with Crippen LogP contribution in [0.2, 0.25) is 0 Å². The summed E-state index contributed by atoms with van der Waals surface area (Å²) in [6.45, 7) is 2.88. The minimum Gasteiger partial charge on any atom is -0.307 e. The lowest BCUT2D eigenvalue weighted by molar-refractivity contribution is -0.120. The molecule has 2 heteroatoms. The van der Waals surface area contributed by atoms with Gasteiger partial charge in [0.25, 0.3) is 0 Å². The number of nitrogens with one attached hydrogen (secondary N) is 1. The van der Waals surface area contributed by atoms with E-state index in [9.17, 15) is 4.79 Å². The van der Waals surface area contributed by atoms with Crippen molar-refractivity contribution in [1.29, 1.82) is 0 Å². The molecule has 0 saturated carbocycles. The van der Waals surface area contributed by atoms with Gasteiger partial charge in [0.15, 0.2) is 0 Å². The molecule has 1 saturated heterocycles. The first-order valence-electron chi connectivity index (χ1n) is 3.92. The van der Waals surface area contributed by atoms with E-state index in [0.717, 1.165) is 19.4 Å². The Kier molecular flexibility index (Phi) is 2.87. The smallest absolute Gasteiger partial charge is 0.149 e. The molecule has 1 atom stereocenters. The third kappa shape index (κ3) is 1.81. The van der Waals surface area contributed by atoms with Crippen molar-refractivity contribution in [2.45, 2.75) is 32.2 Å². The lowest BCUT2D eigenvalue weighted by atomic mass is 10.00. The number of rotatable bonds is 2. The Labute approximate surface area is 62.0 Å². The normalized spacial score (nSPS) is 26.3. The quantitative estimate of drug-likeness (QED) is 0.618. The van der Waals surface area contributed by atoms with Gasteiger partial charge < -0.3 is 5.32 Å². The number of hydrogen-bond acceptors (Lipinski definition) is 2. The van der Waals surface area contributed by atoms with Crippen LogP contribution < -0.4 is 5.32 Å². The monoisotopic (exact) mass is 140 g/mol. The summed E-state index contributed by atoms with van der Waals surface area (Å²) in [5.74, 6) is 0.343. The maximum absolute atomic E-state index is 11.1. The van der Waals surface area contributed by atoms with E-state index in [1.807, 2.05) is 6.92 Å². The molecule has 10 heavy (non-hydrogen) atoms. The molecular formula is C8H14NO. The van der Waals surface area contributed by atoms with E-state index in [1.165, 1.54) is 0 Å². The van der Waals surface area contributed by atoms with E-state index in [2.05, 4.69) is 11.7 Å². The summed E-state index contributed by atoms with van der Waals surface area (Å²) in [6, 6.07) is 0.124. The van der Waals surface area contributed by atoms with Crippen molar-refractivity contribution in [2.24, 2.45) is 0 Å². The molecule has 0 aromatic rings. The maximum Gasteiger partial charge on any atom is 0.149 e. The topological polar surface area (TPSA) is 29.1 Å². The summed E-state index contributed by atoms with van der Waals surface area (Å²) in [4.78, 5) is 11.1. The minimum absolute atomic E-state index is 0.124.